The Morgan fingerprint density at radius 3 is 2.35 bits per heavy atom. The highest BCUT2D eigenvalue weighted by Gasteiger charge is 2.77. The van der Waals surface area contributed by atoms with Gasteiger partial charge in [0.25, 0.3) is 0 Å². The SMILES string of the molecule is CC(=O)OC1=C(S(=O)(=O)c2ccccc2)C[C@]2(C)[C@H]3CC[C@]4(C)[C@@H](OC(C)=O)CC[C@H]4[C@@H]3CC[C@]23O[C@H]13. The number of ether oxygens (including phenoxy) is 3. The summed E-state index contributed by atoms with van der Waals surface area (Å²) in [6.07, 6.45) is 5.29. The summed E-state index contributed by atoms with van der Waals surface area (Å²) in [6, 6.07) is 8.39. The number of benzene rings is 1. The lowest BCUT2D eigenvalue weighted by atomic mass is 9.45. The van der Waals surface area contributed by atoms with Gasteiger partial charge in [-0.2, -0.15) is 0 Å². The molecule has 3 saturated carbocycles. The minimum Gasteiger partial charge on any atom is -0.462 e. The summed E-state index contributed by atoms with van der Waals surface area (Å²) in [7, 11) is -3.88. The second-order valence-electron chi connectivity index (χ2n) is 12.3. The van der Waals surface area contributed by atoms with Gasteiger partial charge in [-0.3, -0.25) is 9.59 Å². The molecule has 4 fully saturated rings. The summed E-state index contributed by atoms with van der Waals surface area (Å²) in [5.41, 5.74) is -0.956. The molecule has 1 saturated heterocycles. The fourth-order valence-corrected chi connectivity index (χ4v) is 10.7. The van der Waals surface area contributed by atoms with Crippen molar-refractivity contribution in [2.45, 2.75) is 95.3 Å². The van der Waals surface area contributed by atoms with Gasteiger partial charge in [-0.25, -0.2) is 8.42 Å². The molecule has 7 nitrogen and oxygen atoms in total. The third-order valence-corrected chi connectivity index (χ3v) is 12.5. The number of carbonyl (C=O) groups is 2. The normalized spacial score (nSPS) is 42.1. The number of fused-ring (bicyclic) bond motifs is 4. The van der Waals surface area contributed by atoms with Crippen LogP contribution in [-0.4, -0.2) is 38.2 Å². The maximum atomic E-state index is 13.9. The van der Waals surface area contributed by atoms with Crippen LogP contribution in [0.3, 0.4) is 0 Å². The third kappa shape index (κ3) is 3.43. The van der Waals surface area contributed by atoms with Crippen molar-refractivity contribution in [2.24, 2.45) is 28.6 Å². The minimum absolute atomic E-state index is 0.0517. The fraction of sp³-hybridized carbons (Fsp3) is 0.655. The quantitative estimate of drug-likeness (QED) is 0.403. The number of epoxide rings is 1. The Morgan fingerprint density at radius 2 is 1.68 bits per heavy atom. The van der Waals surface area contributed by atoms with Crippen LogP contribution in [0.15, 0.2) is 45.9 Å². The van der Waals surface area contributed by atoms with Gasteiger partial charge < -0.3 is 14.2 Å². The second kappa shape index (κ2) is 8.15. The van der Waals surface area contributed by atoms with Crippen molar-refractivity contribution in [3.63, 3.8) is 0 Å². The predicted octanol–water partition coefficient (Wildman–Crippen LogP) is 4.95. The van der Waals surface area contributed by atoms with E-state index >= 15 is 0 Å². The van der Waals surface area contributed by atoms with Crippen LogP contribution in [0.5, 0.6) is 0 Å². The Bertz CT molecular complexity index is 1290. The second-order valence-corrected chi connectivity index (χ2v) is 14.3. The monoisotopic (exact) mass is 528 g/mol. The van der Waals surface area contributed by atoms with Crippen molar-refractivity contribution in [1.82, 2.24) is 0 Å². The van der Waals surface area contributed by atoms with Crippen LogP contribution in [0.1, 0.15) is 72.6 Å². The maximum Gasteiger partial charge on any atom is 0.307 e. The van der Waals surface area contributed by atoms with Crippen molar-refractivity contribution in [3.8, 4) is 0 Å². The number of carbonyl (C=O) groups excluding carboxylic acids is 2. The number of hydrogen-bond donors (Lipinski definition) is 0. The number of allylic oxidation sites excluding steroid dienone is 1. The van der Waals surface area contributed by atoms with E-state index in [0.717, 1.165) is 38.5 Å². The molecule has 8 heteroatoms. The molecular weight excluding hydrogens is 492 g/mol. The van der Waals surface area contributed by atoms with Crippen LogP contribution in [0.25, 0.3) is 0 Å². The Balaban J connectivity index is 1.40. The molecule has 0 N–H and O–H groups in total. The zero-order valence-electron chi connectivity index (χ0n) is 22.0. The fourth-order valence-electron chi connectivity index (χ4n) is 8.96. The molecule has 1 aromatic carbocycles. The number of hydrogen-bond acceptors (Lipinski definition) is 7. The van der Waals surface area contributed by atoms with Crippen LogP contribution in [-0.2, 0) is 33.6 Å². The smallest absolute Gasteiger partial charge is 0.307 e. The van der Waals surface area contributed by atoms with E-state index in [-0.39, 0.29) is 39.0 Å². The molecule has 8 atom stereocenters. The maximum absolute atomic E-state index is 13.9. The predicted molar refractivity (Wildman–Crippen MR) is 135 cm³/mol. The molecule has 37 heavy (non-hydrogen) atoms. The van der Waals surface area contributed by atoms with Crippen LogP contribution in [0, 0.1) is 28.6 Å². The molecule has 0 bridgehead atoms. The van der Waals surface area contributed by atoms with Gasteiger partial charge >= 0.3 is 11.9 Å². The van der Waals surface area contributed by atoms with Crippen molar-refractivity contribution in [2.75, 3.05) is 0 Å². The zero-order chi connectivity index (χ0) is 26.4. The molecule has 1 aliphatic heterocycles. The number of esters is 2. The first-order valence-corrected chi connectivity index (χ1v) is 15.0. The van der Waals surface area contributed by atoms with E-state index in [9.17, 15) is 18.0 Å². The van der Waals surface area contributed by atoms with Crippen molar-refractivity contribution >= 4 is 21.8 Å². The average molecular weight is 529 g/mol. The van der Waals surface area contributed by atoms with Gasteiger partial charge in [0.05, 0.1) is 9.80 Å². The Kier molecular flexibility index (Phi) is 5.53. The van der Waals surface area contributed by atoms with Crippen LogP contribution < -0.4 is 0 Å². The molecule has 1 spiro atoms. The van der Waals surface area contributed by atoms with Crippen LogP contribution in [0.4, 0.5) is 0 Å². The van der Waals surface area contributed by atoms with Crippen molar-refractivity contribution < 1.29 is 32.2 Å². The van der Waals surface area contributed by atoms with Gasteiger partial charge in [-0.1, -0.05) is 32.0 Å². The largest absolute Gasteiger partial charge is 0.462 e. The average Bonchev–Trinajstić information content (AvgIpc) is 3.50. The molecular formula is C29H36O7S. The molecule has 0 amide bonds. The van der Waals surface area contributed by atoms with E-state index < -0.39 is 32.9 Å². The van der Waals surface area contributed by atoms with E-state index in [1.54, 1.807) is 30.3 Å². The van der Waals surface area contributed by atoms with Gasteiger partial charge in [-0.05, 0) is 74.8 Å². The summed E-state index contributed by atoms with van der Waals surface area (Å²) < 4.78 is 45.7. The molecule has 0 radical (unpaired) electrons. The Hall–Kier alpha value is -2.19. The lowest BCUT2D eigenvalue weighted by Crippen LogP contribution is -2.58. The Labute approximate surface area is 218 Å². The molecule has 4 aliphatic carbocycles. The molecule has 1 aromatic rings. The third-order valence-electron chi connectivity index (χ3n) is 10.7. The van der Waals surface area contributed by atoms with Crippen LogP contribution in [0.2, 0.25) is 0 Å². The highest BCUT2D eigenvalue weighted by atomic mass is 32.2. The summed E-state index contributed by atoms with van der Waals surface area (Å²) in [5, 5.41) is 0. The van der Waals surface area contributed by atoms with Gasteiger partial charge in [0.2, 0.25) is 9.84 Å². The van der Waals surface area contributed by atoms with Gasteiger partial charge in [0.1, 0.15) is 17.8 Å². The van der Waals surface area contributed by atoms with E-state index in [1.807, 2.05) is 0 Å². The molecule has 5 aliphatic rings. The Morgan fingerprint density at radius 1 is 0.946 bits per heavy atom. The lowest BCUT2D eigenvalue weighted by Gasteiger charge is -2.59. The number of rotatable bonds is 4. The summed E-state index contributed by atoms with van der Waals surface area (Å²) in [5.74, 6) is 0.549. The van der Waals surface area contributed by atoms with Gasteiger partial charge in [0.15, 0.2) is 5.76 Å². The first-order chi connectivity index (χ1) is 17.4. The first kappa shape index (κ1) is 25.1. The summed E-state index contributed by atoms with van der Waals surface area (Å²) >= 11 is 0. The van der Waals surface area contributed by atoms with Gasteiger partial charge in [0, 0.05) is 24.7 Å². The number of sulfone groups is 1. The van der Waals surface area contributed by atoms with E-state index in [2.05, 4.69) is 13.8 Å². The molecule has 200 valence electrons. The minimum atomic E-state index is -3.88. The van der Waals surface area contributed by atoms with Crippen molar-refractivity contribution in [1.29, 1.82) is 0 Å². The van der Waals surface area contributed by atoms with Crippen LogP contribution >= 0.6 is 0 Å². The highest BCUT2D eigenvalue weighted by Crippen LogP contribution is 2.74. The van der Waals surface area contributed by atoms with Crippen molar-refractivity contribution in [3.05, 3.63) is 41.0 Å². The lowest BCUT2D eigenvalue weighted by molar-refractivity contribution is -0.160. The standard InChI is InChI=1S/C29H36O7S/c1-17(30)34-24-11-10-21-20-12-15-29-26(36-29)25(35-18(2)31)23(37(32,33)19-8-6-5-7-9-19)16-28(29,4)22(20)13-14-27(21,24)3/h5-9,20-22,24,26H,10-16H2,1-4H3/t20-,21-,22-,24-,26+,27-,28+,29+/m0/s1. The molecule has 0 unspecified atom stereocenters. The van der Waals surface area contributed by atoms with E-state index in [1.165, 1.54) is 13.8 Å². The highest BCUT2D eigenvalue weighted by molar-refractivity contribution is 7.95. The van der Waals surface area contributed by atoms with Gasteiger partial charge in [-0.15, -0.1) is 0 Å². The molecule has 0 aromatic heterocycles. The van der Waals surface area contributed by atoms with E-state index in [4.69, 9.17) is 14.2 Å². The first-order valence-electron chi connectivity index (χ1n) is 13.5. The topological polar surface area (TPSA) is 99.3 Å². The summed E-state index contributed by atoms with van der Waals surface area (Å²) in [4.78, 5) is 24.3. The molecule has 6 rings (SSSR count). The van der Waals surface area contributed by atoms with E-state index in [0.29, 0.717) is 18.3 Å². The zero-order valence-corrected chi connectivity index (χ0v) is 22.8. The summed E-state index contributed by atoms with van der Waals surface area (Å²) in [6.45, 7) is 7.28. The molecule has 1 heterocycles.